The Hall–Kier alpha value is -2.41. The molecule has 3 rings (SSSR count). The minimum absolute atomic E-state index is 0.179. The van der Waals surface area contributed by atoms with Crippen LogP contribution in [0.1, 0.15) is 17.0 Å². The Balaban J connectivity index is 2.14. The monoisotopic (exact) mass is 316 g/mol. The van der Waals surface area contributed by atoms with E-state index in [0.717, 1.165) is 10.9 Å². The molecule has 2 N–H and O–H groups in total. The second-order valence-electron chi connectivity index (χ2n) is 5.26. The van der Waals surface area contributed by atoms with Crippen molar-refractivity contribution >= 4 is 26.6 Å². The van der Waals surface area contributed by atoms with Crippen LogP contribution in [-0.2, 0) is 10.0 Å². The van der Waals surface area contributed by atoms with Crippen LogP contribution in [0.2, 0.25) is 0 Å². The fraction of sp³-hybridized carbons (Fsp3) is 0.200. The molecule has 0 fully saturated rings. The second-order valence-corrected chi connectivity index (χ2v) is 6.88. The lowest BCUT2D eigenvalue weighted by molar-refractivity contribution is 0.600. The maximum Gasteiger partial charge on any atom is 0.265 e. The number of hydrogen-bond donors (Lipinski definition) is 2. The van der Waals surface area contributed by atoms with Crippen molar-refractivity contribution in [1.82, 2.24) is 15.2 Å². The predicted octanol–water partition coefficient (Wildman–Crippen LogP) is 2.68. The highest BCUT2D eigenvalue weighted by molar-refractivity contribution is 7.92. The van der Waals surface area contributed by atoms with E-state index in [0.29, 0.717) is 22.6 Å². The number of pyridine rings is 1. The lowest BCUT2D eigenvalue weighted by Gasteiger charge is -2.11. The summed E-state index contributed by atoms with van der Waals surface area (Å²) < 4.78 is 28.0. The summed E-state index contributed by atoms with van der Waals surface area (Å²) in [4.78, 5) is 4.46. The van der Waals surface area contributed by atoms with Crippen molar-refractivity contribution in [3.8, 4) is 0 Å². The van der Waals surface area contributed by atoms with E-state index >= 15 is 0 Å². The molecular formula is C15H16N4O2S. The molecule has 0 aliphatic heterocycles. The van der Waals surface area contributed by atoms with Gasteiger partial charge in [0, 0.05) is 11.6 Å². The van der Waals surface area contributed by atoms with Gasteiger partial charge in [0.2, 0.25) is 0 Å². The van der Waals surface area contributed by atoms with Crippen LogP contribution in [0.5, 0.6) is 0 Å². The largest absolute Gasteiger partial charge is 0.281 e. The molecule has 0 aliphatic rings. The first-order chi connectivity index (χ1) is 10.4. The predicted molar refractivity (Wildman–Crippen MR) is 85.4 cm³/mol. The molecule has 22 heavy (non-hydrogen) atoms. The zero-order valence-electron chi connectivity index (χ0n) is 12.5. The van der Waals surface area contributed by atoms with Gasteiger partial charge in [-0.3, -0.25) is 14.8 Å². The van der Waals surface area contributed by atoms with Crippen LogP contribution in [0.15, 0.2) is 35.4 Å². The van der Waals surface area contributed by atoms with Gasteiger partial charge < -0.3 is 0 Å². The van der Waals surface area contributed by atoms with Crippen molar-refractivity contribution < 1.29 is 8.42 Å². The van der Waals surface area contributed by atoms with Gasteiger partial charge in [-0.1, -0.05) is 6.07 Å². The molecule has 2 aromatic heterocycles. The van der Waals surface area contributed by atoms with Gasteiger partial charge in [-0.15, -0.1) is 0 Å². The van der Waals surface area contributed by atoms with E-state index in [2.05, 4.69) is 19.9 Å². The number of aryl methyl sites for hydroxylation is 3. The summed E-state index contributed by atoms with van der Waals surface area (Å²) in [7, 11) is -3.72. The summed E-state index contributed by atoms with van der Waals surface area (Å²) in [6.45, 7) is 5.25. The number of rotatable bonds is 3. The van der Waals surface area contributed by atoms with Gasteiger partial charge in [-0.2, -0.15) is 5.10 Å². The Morgan fingerprint density at radius 2 is 1.95 bits per heavy atom. The van der Waals surface area contributed by atoms with E-state index in [1.54, 1.807) is 26.1 Å². The van der Waals surface area contributed by atoms with Gasteiger partial charge in [-0.25, -0.2) is 8.42 Å². The lowest BCUT2D eigenvalue weighted by Crippen LogP contribution is -2.15. The van der Waals surface area contributed by atoms with E-state index in [9.17, 15) is 8.42 Å². The normalized spacial score (nSPS) is 11.8. The Morgan fingerprint density at radius 3 is 2.64 bits per heavy atom. The first kappa shape index (κ1) is 14.5. The van der Waals surface area contributed by atoms with Gasteiger partial charge >= 0.3 is 0 Å². The average Bonchev–Trinajstić information content (AvgIpc) is 2.78. The number of aromatic amines is 1. The number of fused-ring (bicyclic) bond motifs is 1. The third kappa shape index (κ3) is 2.43. The number of anilines is 1. The second kappa shape index (κ2) is 5.10. The van der Waals surface area contributed by atoms with Gasteiger partial charge in [0.05, 0.1) is 22.6 Å². The molecule has 114 valence electrons. The summed E-state index contributed by atoms with van der Waals surface area (Å²) in [5.41, 5.74) is 3.00. The van der Waals surface area contributed by atoms with E-state index in [4.69, 9.17) is 0 Å². The highest BCUT2D eigenvalue weighted by Gasteiger charge is 2.23. The van der Waals surface area contributed by atoms with Gasteiger partial charge in [0.1, 0.15) is 4.90 Å². The number of hydrogen-bond acceptors (Lipinski definition) is 4. The van der Waals surface area contributed by atoms with Crippen LogP contribution in [0.25, 0.3) is 10.9 Å². The summed E-state index contributed by atoms with van der Waals surface area (Å²) in [6.07, 6.45) is 1.64. The minimum atomic E-state index is -3.72. The fourth-order valence-electron chi connectivity index (χ4n) is 2.55. The third-order valence-corrected chi connectivity index (χ3v) is 5.05. The summed E-state index contributed by atoms with van der Waals surface area (Å²) >= 11 is 0. The molecule has 0 saturated heterocycles. The Labute approximate surface area is 128 Å². The molecule has 2 heterocycles. The van der Waals surface area contributed by atoms with Gasteiger partial charge in [0.15, 0.2) is 0 Å². The Kier molecular flexibility index (Phi) is 3.37. The van der Waals surface area contributed by atoms with Crippen molar-refractivity contribution in [2.24, 2.45) is 0 Å². The summed E-state index contributed by atoms with van der Waals surface area (Å²) in [5.74, 6) is 0. The van der Waals surface area contributed by atoms with Crippen molar-refractivity contribution in [2.75, 3.05) is 4.72 Å². The van der Waals surface area contributed by atoms with Gasteiger partial charge in [0.25, 0.3) is 10.0 Å². The average molecular weight is 316 g/mol. The van der Waals surface area contributed by atoms with Crippen LogP contribution >= 0.6 is 0 Å². The minimum Gasteiger partial charge on any atom is -0.281 e. The van der Waals surface area contributed by atoms with Crippen LogP contribution < -0.4 is 4.72 Å². The zero-order valence-corrected chi connectivity index (χ0v) is 13.3. The lowest BCUT2D eigenvalue weighted by atomic mass is 10.1. The molecular weight excluding hydrogens is 300 g/mol. The zero-order chi connectivity index (χ0) is 15.9. The highest BCUT2D eigenvalue weighted by Crippen LogP contribution is 2.27. The molecule has 0 amide bonds. The first-order valence-corrected chi connectivity index (χ1v) is 8.26. The molecule has 0 spiro atoms. The molecule has 0 atom stereocenters. The van der Waals surface area contributed by atoms with E-state index in [1.165, 1.54) is 0 Å². The van der Waals surface area contributed by atoms with Crippen LogP contribution in [-0.4, -0.2) is 23.6 Å². The maximum atomic E-state index is 12.7. The number of aromatic nitrogens is 3. The van der Waals surface area contributed by atoms with E-state index < -0.39 is 10.0 Å². The van der Waals surface area contributed by atoms with Crippen LogP contribution in [0, 0.1) is 20.8 Å². The molecule has 0 bridgehead atoms. The highest BCUT2D eigenvalue weighted by atomic mass is 32.2. The Bertz CT molecular complexity index is 941. The molecule has 1 aromatic carbocycles. The standard InChI is InChI=1S/C15H16N4O2S/c1-9-7-12-5-4-6-16-14(12)13(8-9)19-22(20,21)15-10(2)17-18-11(15)3/h4-8,19H,1-3H3,(H,17,18). The smallest absolute Gasteiger partial charge is 0.265 e. The molecule has 0 saturated carbocycles. The number of H-pyrrole nitrogens is 1. The number of benzene rings is 1. The van der Waals surface area contributed by atoms with Crippen LogP contribution in [0.3, 0.4) is 0 Å². The maximum absolute atomic E-state index is 12.7. The van der Waals surface area contributed by atoms with Gasteiger partial charge in [-0.05, 0) is 44.5 Å². The third-order valence-electron chi connectivity index (χ3n) is 3.42. The van der Waals surface area contributed by atoms with Crippen LogP contribution in [0.4, 0.5) is 5.69 Å². The van der Waals surface area contributed by atoms with E-state index in [-0.39, 0.29) is 4.90 Å². The Morgan fingerprint density at radius 1 is 1.18 bits per heavy atom. The molecule has 6 nitrogen and oxygen atoms in total. The van der Waals surface area contributed by atoms with Crippen molar-refractivity contribution in [3.05, 3.63) is 47.4 Å². The number of nitrogens with zero attached hydrogens (tertiary/aromatic N) is 2. The summed E-state index contributed by atoms with van der Waals surface area (Å²) in [6, 6.07) is 7.47. The summed E-state index contributed by atoms with van der Waals surface area (Å²) in [5, 5.41) is 7.53. The SMILES string of the molecule is Cc1cc(NS(=O)(=O)c2c(C)n[nH]c2C)c2ncccc2c1. The van der Waals surface area contributed by atoms with E-state index in [1.807, 2.05) is 25.1 Å². The molecule has 0 radical (unpaired) electrons. The molecule has 3 aromatic rings. The van der Waals surface area contributed by atoms with Crippen molar-refractivity contribution in [3.63, 3.8) is 0 Å². The van der Waals surface area contributed by atoms with Crippen molar-refractivity contribution in [1.29, 1.82) is 0 Å². The van der Waals surface area contributed by atoms with Crippen molar-refractivity contribution in [2.45, 2.75) is 25.7 Å². The topological polar surface area (TPSA) is 87.7 Å². The number of sulfonamides is 1. The molecule has 0 unspecified atom stereocenters. The fourth-order valence-corrected chi connectivity index (χ4v) is 3.98. The molecule has 7 heteroatoms. The number of nitrogens with one attached hydrogen (secondary N) is 2. The molecule has 0 aliphatic carbocycles. The quantitative estimate of drug-likeness (QED) is 0.777. The first-order valence-electron chi connectivity index (χ1n) is 6.78.